The smallest absolute Gasteiger partial charge is 0.338 e. The summed E-state index contributed by atoms with van der Waals surface area (Å²) in [5, 5.41) is 0. The van der Waals surface area contributed by atoms with Gasteiger partial charge in [-0.3, -0.25) is 0 Å². The predicted octanol–water partition coefficient (Wildman–Crippen LogP) is 2.49. The van der Waals surface area contributed by atoms with Crippen molar-refractivity contribution in [2.24, 2.45) is 0 Å². The molecule has 4 nitrogen and oxygen atoms in total. The molecule has 0 radical (unpaired) electrons. The Morgan fingerprint density at radius 1 is 1.11 bits per heavy atom. The first-order chi connectivity index (χ1) is 8.83. The van der Waals surface area contributed by atoms with E-state index in [2.05, 4.69) is 4.98 Å². The van der Waals surface area contributed by atoms with Crippen LogP contribution in [0.25, 0.3) is 17.0 Å². The lowest BCUT2D eigenvalue weighted by molar-refractivity contribution is 0.524. The molecule has 3 rings (SSSR count). The van der Waals surface area contributed by atoms with E-state index in [0.717, 1.165) is 11.3 Å². The fraction of sp³-hybridized carbons (Fsp3) is 0. The van der Waals surface area contributed by atoms with Crippen molar-refractivity contribution in [3.63, 3.8) is 0 Å². The van der Waals surface area contributed by atoms with E-state index < -0.39 is 0 Å². The van der Waals surface area contributed by atoms with Crippen LogP contribution in [0.1, 0.15) is 0 Å². The molecule has 0 spiro atoms. The number of hydrogen-bond acceptors (Lipinski definition) is 3. The van der Waals surface area contributed by atoms with Crippen molar-refractivity contribution in [2.75, 3.05) is 0 Å². The van der Waals surface area contributed by atoms with Gasteiger partial charge in [0.05, 0.1) is 12.0 Å². The van der Waals surface area contributed by atoms with Crippen LogP contribution in [0.4, 0.5) is 0 Å². The average Bonchev–Trinajstić information content (AvgIpc) is 2.93. The number of benzene rings is 1. The number of nitrogens with zero attached hydrogens (tertiary/aromatic N) is 2. The van der Waals surface area contributed by atoms with Crippen molar-refractivity contribution < 1.29 is 4.42 Å². The Morgan fingerprint density at radius 3 is 2.67 bits per heavy atom. The van der Waals surface area contributed by atoms with E-state index in [0.29, 0.717) is 5.76 Å². The molecule has 0 bridgehead atoms. The zero-order valence-electron chi connectivity index (χ0n) is 9.48. The van der Waals surface area contributed by atoms with Gasteiger partial charge in [0, 0.05) is 30.1 Å². The van der Waals surface area contributed by atoms with Crippen LogP contribution in [-0.4, -0.2) is 9.55 Å². The fourth-order valence-corrected chi connectivity index (χ4v) is 1.77. The van der Waals surface area contributed by atoms with E-state index in [4.69, 9.17) is 4.42 Å². The van der Waals surface area contributed by atoms with Crippen molar-refractivity contribution in [3.05, 3.63) is 71.6 Å². The van der Waals surface area contributed by atoms with Crippen molar-refractivity contribution >= 4 is 0 Å². The maximum absolute atomic E-state index is 11.6. The van der Waals surface area contributed by atoms with Gasteiger partial charge >= 0.3 is 5.63 Å². The normalized spacial score (nSPS) is 10.4. The second kappa shape index (κ2) is 4.33. The summed E-state index contributed by atoms with van der Waals surface area (Å²) in [6.07, 6.45) is 5.09. The molecule has 2 aromatic heterocycles. The predicted molar refractivity (Wildman–Crippen MR) is 67.5 cm³/mol. The number of imidazole rings is 1. The van der Waals surface area contributed by atoms with Gasteiger partial charge in [-0.05, 0) is 0 Å². The summed E-state index contributed by atoms with van der Waals surface area (Å²) in [7, 11) is 0. The Kier molecular flexibility index (Phi) is 2.53. The highest BCUT2D eigenvalue weighted by molar-refractivity contribution is 5.59. The van der Waals surface area contributed by atoms with Crippen molar-refractivity contribution in [1.82, 2.24) is 9.55 Å². The van der Waals surface area contributed by atoms with Gasteiger partial charge in [0.1, 0.15) is 5.76 Å². The van der Waals surface area contributed by atoms with E-state index in [1.54, 1.807) is 23.3 Å². The first kappa shape index (κ1) is 10.5. The van der Waals surface area contributed by atoms with Gasteiger partial charge in [0.25, 0.3) is 0 Å². The van der Waals surface area contributed by atoms with Gasteiger partial charge in [-0.15, -0.1) is 0 Å². The highest BCUT2D eigenvalue weighted by Crippen LogP contribution is 2.19. The zero-order chi connectivity index (χ0) is 12.4. The third-order valence-corrected chi connectivity index (χ3v) is 2.62. The molecule has 3 aromatic rings. The van der Waals surface area contributed by atoms with Crippen LogP contribution in [0.15, 0.2) is 70.4 Å². The van der Waals surface area contributed by atoms with Crippen LogP contribution in [0.5, 0.6) is 0 Å². The lowest BCUT2D eigenvalue weighted by Crippen LogP contribution is -2.02. The summed E-state index contributed by atoms with van der Waals surface area (Å²) in [5.41, 5.74) is 1.24. The molecule has 2 heterocycles. The van der Waals surface area contributed by atoms with E-state index in [1.165, 1.54) is 6.07 Å². The maximum atomic E-state index is 11.6. The molecule has 4 heteroatoms. The third-order valence-electron chi connectivity index (χ3n) is 2.62. The zero-order valence-corrected chi connectivity index (χ0v) is 9.48. The largest absolute Gasteiger partial charge is 0.423 e. The fourth-order valence-electron chi connectivity index (χ4n) is 1.77. The minimum absolute atomic E-state index is 0.375. The molecule has 0 aliphatic rings. The Labute approximate surface area is 103 Å². The average molecular weight is 238 g/mol. The Morgan fingerprint density at radius 2 is 1.94 bits per heavy atom. The second-order valence-electron chi connectivity index (χ2n) is 3.83. The molecule has 0 amide bonds. The standard InChI is InChI=1S/C14H10N2O2/c17-14-9-12(16-7-6-15-10-16)8-13(18-14)11-4-2-1-3-5-11/h1-10H. The summed E-state index contributed by atoms with van der Waals surface area (Å²) in [5.74, 6) is 0.548. The van der Waals surface area contributed by atoms with Crippen molar-refractivity contribution in [1.29, 1.82) is 0 Å². The van der Waals surface area contributed by atoms with E-state index >= 15 is 0 Å². The molecule has 0 saturated heterocycles. The highest BCUT2D eigenvalue weighted by Gasteiger charge is 2.05. The van der Waals surface area contributed by atoms with Gasteiger partial charge in [0.15, 0.2) is 0 Å². The minimum Gasteiger partial charge on any atom is -0.423 e. The molecule has 0 aliphatic carbocycles. The summed E-state index contributed by atoms with van der Waals surface area (Å²) in [6, 6.07) is 12.8. The molecule has 1 aromatic carbocycles. The lowest BCUT2D eigenvalue weighted by Gasteiger charge is -2.04. The molecular weight excluding hydrogens is 228 g/mol. The quantitative estimate of drug-likeness (QED) is 0.689. The van der Waals surface area contributed by atoms with Crippen molar-refractivity contribution in [2.45, 2.75) is 0 Å². The molecule has 0 fully saturated rings. The first-order valence-electron chi connectivity index (χ1n) is 5.52. The van der Waals surface area contributed by atoms with Crippen LogP contribution in [0.2, 0.25) is 0 Å². The Bertz CT molecular complexity index is 700. The molecule has 18 heavy (non-hydrogen) atoms. The minimum atomic E-state index is -0.375. The van der Waals surface area contributed by atoms with Gasteiger partial charge in [0.2, 0.25) is 0 Å². The third kappa shape index (κ3) is 1.96. The maximum Gasteiger partial charge on any atom is 0.338 e. The van der Waals surface area contributed by atoms with Gasteiger partial charge < -0.3 is 8.98 Å². The molecule has 0 N–H and O–H groups in total. The Balaban J connectivity index is 2.15. The molecule has 0 aliphatic heterocycles. The van der Waals surface area contributed by atoms with Crippen molar-refractivity contribution in [3.8, 4) is 17.0 Å². The molecule has 0 atom stereocenters. The molecule has 0 saturated carbocycles. The van der Waals surface area contributed by atoms with Crippen LogP contribution in [0, 0.1) is 0 Å². The highest BCUT2D eigenvalue weighted by atomic mass is 16.4. The molecule has 0 unspecified atom stereocenters. The number of aromatic nitrogens is 2. The van der Waals surface area contributed by atoms with E-state index in [-0.39, 0.29) is 5.63 Å². The topological polar surface area (TPSA) is 48.0 Å². The molecule has 88 valence electrons. The number of rotatable bonds is 2. The van der Waals surface area contributed by atoms with Crippen LogP contribution in [-0.2, 0) is 0 Å². The SMILES string of the molecule is O=c1cc(-n2ccnc2)cc(-c2ccccc2)o1. The van der Waals surface area contributed by atoms with E-state index in [1.807, 2.05) is 36.4 Å². The van der Waals surface area contributed by atoms with Crippen LogP contribution >= 0.6 is 0 Å². The summed E-state index contributed by atoms with van der Waals surface area (Å²) in [6.45, 7) is 0. The summed E-state index contributed by atoms with van der Waals surface area (Å²) < 4.78 is 6.98. The van der Waals surface area contributed by atoms with Gasteiger partial charge in [-0.2, -0.15) is 0 Å². The molecular formula is C14H10N2O2. The lowest BCUT2D eigenvalue weighted by atomic mass is 10.1. The summed E-state index contributed by atoms with van der Waals surface area (Å²) >= 11 is 0. The summed E-state index contributed by atoms with van der Waals surface area (Å²) in [4.78, 5) is 15.5. The monoisotopic (exact) mass is 238 g/mol. The van der Waals surface area contributed by atoms with Gasteiger partial charge in [-0.25, -0.2) is 9.78 Å². The second-order valence-corrected chi connectivity index (χ2v) is 3.83. The van der Waals surface area contributed by atoms with Crippen LogP contribution in [0.3, 0.4) is 0 Å². The first-order valence-corrected chi connectivity index (χ1v) is 5.52. The Hall–Kier alpha value is -2.62. The van der Waals surface area contributed by atoms with E-state index in [9.17, 15) is 4.79 Å². The van der Waals surface area contributed by atoms with Gasteiger partial charge in [-0.1, -0.05) is 30.3 Å². The van der Waals surface area contributed by atoms with Crippen LogP contribution < -0.4 is 5.63 Å². The number of hydrogen-bond donors (Lipinski definition) is 0.